The summed E-state index contributed by atoms with van der Waals surface area (Å²) in [7, 11) is -0.960. The van der Waals surface area contributed by atoms with Crippen molar-refractivity contribution < 1.29 is 23.0 Å². The smallest absolute Gasteiger partial charge is 0.244 e. The predicted octanol–water partition coefficient (Wildman–Crippen LogP) is 1.49. The van der Waals surface area contributed by atoms with Gasteiger partial charge < -0.3 is 14.6 Å². The average Bonchev–Trinajstić information content (AvgIpc) is 2.50. The molecule has 1 rings (SSSR count). The van der Waals surface area contributed by atoms with E-state index in [-0.39, 0.29) is 17.2 Å². The van der Waals surface area contributed by atoms with Gasteiger partial charge in [-0.1, -0.05) is 0 Å². The maximum atomic E-state index is 12.4. The molecule has 0 aliphatic rings. The van der Waals surface area contributed by atoms with Crippen molar-refractivity contribution >= 4 is 21.8 Å². The van der Waals surface area contributed by atoms with Gasteiger partial charge in [-0.2, -0.15) is 11.8 Å². The van der Waals surface area contributed by atoms with Gasteiger partial charge in [0.25, 0.3) is 0 Å². The van der Waals surface area contributed by atoms with Crippen molar-refractivity contribution in [3.05, 3.63) is 18.2 Å². The summed E-state index contributed by atoms with van der Waals surface area (Å²) in [6, 6.07) is 4.53. The molecule has 0 aliphatic heterocycles. The molecular weight excluding hydrogens is 326 g/mol. The fraction of sp³-hybridized carbons (Fsp3) is 0.571. The standard InChI is InChI=1S/C14H23NO5S2/c1-14(16,7-8-21-4)10-15-22(17,18)13-9-11(19-2)5-6-12(13)20-3/h5-6,9,15-16H,7-8,10H2,1-4H3/t14-/m0/s1. The Balaban J connectivity index is 2.95. The van der Waals surface area contributed by atoms with Crippen LogP contribution < -0.4 is 14.2 Å². The first-order valence-corrected chi connectivity index (χ1v) is 9.56. The number of benzene rings is 1. The normalized spacial score (nSPS) is 14.4. The molecule has 0 radical (unpaired) electrons. The quantitative estimate of drug-likeness (QED) is 0.703. The molecule has 0 saturated heterocycles. The van der Waals surface area contributed by atoms with E-state index in [2.05, 4.69) is 4.72 Å². The summed E-state index contributed by atoms with van der Waals surface area (Å²) in [5.74, 6) is 1.38. The first kappa shape index (κ1) is 19.1. The number of ether oxygens (including phenoxy) is 2. The van der Waals surface area contributed by atoms with Crippen LogP contribution in [0.5, 0.6) is 11.5 Å². The summed E-state index contributed by atoms with van der Waals surface area (Å²) >= 11 is 1.60. The highest BCUT2D eigenvalue weighted by molar-refractivity contribution is 7.98. The fourth-order valence-corrected chi connectivity index (χ4v) is 3.72. The molecule has 22 heavy (non-hydrogen) atoms. The van der Waals surface area contributed by atoms with Gasteiger partial charge in [-0.15, -0.1) is 0 Å². The molecule has 0 saturated carbocycles. The summed E-state index contributed by atoms with van der Waals surface area (Å²) < 4.78 is 37.4. The van der Waals surface area contributed by atoms with Gasteiger partial charge in [-0.25, -0.2) is 13.1 Å². The molecule has 0 bridgehead atoms. The molecule has 0 aromatic heterocycles. The zero-order valence-electron chi connectivity index (χ0n) is 13.3. The van der Waals surface area contributed by atoms with E-state index in [0.29, 0.717) is 12.2 Å². The zero-order valence-corrected chi connectivity index (χ0v) is 14.9. The van der Waals surface area contributed by atoms with Gasteiger partial charge in [-0.05, 0) is 37.5 Å². The van der Waals surface area contributed by atoms with Crippen molar-refractivity contribution in [1.82, 2.24) is 4.72 Å². The highest BCUT2D eigenvalue weighted by Gasteiger charge is 2.26. The Morgan fingerprint density at radius 3 is 2.55 bits per heavy atom. The third-order valence-corrected chi connectivity index (χ3v) is 5.18. The molecule has 8 heteroatoms. The van der Waals surface area contributed by atoms with E-state index in [4.69, 9.17) is 9.47 Å². The van der Waals surface area contributed by atoms with Crippen molar-refractivity contribution in [2.45, 2.75) is 23.8 Å². The van der Waals surface area contributed by atoms with Gasteiger partial charge in [-0.3, -0.25) is 0 Å². The minimum Gasteiger partial charge on any atom is -0.497 e. The van der Waals surface area contributed by atoms with Gasteiger partial charge in [0.15, 0.2) is 0 Å². The number of hydrogen-bond acceptors (Lipinski definition) is 6. The molecule has 1 atom stereocenters. The molecule has 0 spiro atoms. The van der Waals surface area contributed by atoms with Crippen LogP contribution in [0, 0.1) is 0 Å². The van der Waals surface area contributed by atoms with Crippen LogP contribution in [0.25, 0.3) is 0 Å². The lowest BCUT2D eigenvalue weighted by molar-refractivity contribution is 0.0626. The molecular formula is C14H23NO5S2. The molecule has 126 valence electrons. The Labute approximate surface area is 136 Å². The van der Waals surface area contributed by atoms with Crippen LogP contribution in [-0.4, -0.2) is 51.9 Å². The largest absolute Gasteiger partial charge is 0.497 e. The van der Waals surface area contributed by atoms with Crippen LogP contribution >= 0.6 is 11.8 Å². The Morgan fingerprint density at radius 2 is 2.00 bits per heavy atom. The first-order chi connectivity index (χ1) is 10.3. The fourth-order valence-electron chi connectivity index (χ4n) is 1.73. The Kier molecular flexibility index (Phi) is 6.98. The van der Waals surface area contributed by atoms with Gasteiger partial charge in [0.1, 0.15) is 16.4 Å². The number of thioether (sulfide) groups is 1. The number of hydrogen-bond donors (Lipinski definition) is 2. The van der Waals surface area contributed by atoms with Gasteiger partial charge in [0.2, 0.25) is 10.0 Å². The summed E-state index contributed by atoms with van der Waals surface area (Å²) in [4.78, 5) is -0.0185. The lowest BCUT2D eigenvalue weighted by Crippen LogP contribution is -2.41. The summed E-state index contributed by atoms with van der Waals surface area (Å²) in [5, 5.41) is 10.2. The molecule has 6 nitrogen and oxygen atoms in total. The number of rotatable bonds is 9. The minimum absolute atomic E-state index is 0.0185. The second kappa shape index (κ2) is 8.05. The summed E-state index contributed by atoms with van der Waals surface area (Å²) in [6.07, 6.45) is 2.42. The van der Waals surface area contributed by atoms with Gasteiger partial charge >= 0.3 is 0 Å². The number of sulfonamides is 1. The lowest BCUT2D eigenvalue weighted by atomic mass is 10.1. The minimum atomic E-state index is -3.82. The second-order valence-corrected chi connectivity index (χ2v) is 7.80. The van der Waals surface area contributed by atoms with E-state index in [1.807, 2.05) is 6.26 Å². The number of methoxy groups -OCH3 is 2. The third-order valence-electron chi connectivity index (χ3n) is 3.15. The molecule has 0 heterocycles. The molecule has 1 aromatic rings. The molecule has 1 aromatic carbocycles. The van der Waals surface area contributed by atoms with Crippen molar-refractivity contribution in [1.29, 1.82) is 0 Å². The van der Waals surface area contributed by atoms with Crippen molar-refractivity contribution in [2.75, 3.05) is 32.8 Å². The topological polar surface area (TPSA) is 84.9 Å². The maximum absolute atomic E-state index is 12.4. The van der Waals surface area contributed by atoms with E-state index in [0.717, 1.165) is 5.75 Å². The lowest BCUT2D eigenvalue weighted by Gasteiger charge is -2.23. The summed E-state index contributed by atoms with van der Waals surface area (Å²) in [5.41, 5.74) is -1.11. The maximum Gasteiger partial charge on any atom is 0.244 e. The Bertz CT molecular complexity index is 587. The van der Waals surface area contributed by atoms with Crippen LogP contribution in [0.4, 0.5) is 0 Å². The zero-order chi connectivity index (χ0) is 16.8. The van der Waals surface area contributed by atoms with Crippen LogP contribution in [0.2, 0.25) is 0 Å². The Hall–Kier alpha value is -0.960. The SMILES string of the molecule is COc1ccc(OC)c(S(=O)(=O)NC[C@@](C)(O)CCSC)c1. The molecule has 0 fully saturated rings. The van der Waals surface area contributed by atoms with E-state index in [1.54, 1.807) is 24.8 Å². The van der Waals surface area contributed by atoms with Crippen LogP contribution in [-0.2, 0) is 10.0 Å². The molecule has 0 aliphatic carbocycles. The van der Waals surface area contributed by atoms with E-state index >= 15 is 0 Å². The van der Waals surface area contributed by atoms with Crippen LogP contribution in [0.1, 0.15) is 13.3 Å². The molecule has 2 N–H and O–H groups in total. The highest BCUT2D eigenvalue weighted by atomic mass is 32.2. The molecule has 0 amide bonds. The molecule has 0 unspecified atom stereocenters. The average molecular weight is 349 g/mol. The van der Waals surface area contributed by atoms with Crippen molar-refractivity contribution in [3.8, 4) is 11.5 Å². The predicted molar refractivity (Wildman–Crippen MR) is 88.4 cm³/mol. The highest BCUT2D eigenvalue weighted by Crippen LogP contribution is 2.28. The van der Waals surface area contributed by atoms with Crippen molar-refractivity contribution in [3.63, 3.8) is 0 Å². The van der Waals surface area contributed by atoms with E-state index in [9.17, 15) is 13.5 Å². The first-order valence-electron chi connectivity index (χ1n) is 6.69. The van der Waals surface area contributed by atoms with Crippen LogP contribution in [0.15, 0.2) is 23.1 Å². The van der Waals surface area contributed by atoms with Gasteiger partial charge in [0, 0.05) is 12.6 Å². The monoisotopic (exact) mass is 349 g/mol. The second-order valence-electron chi connectivity index (χ2n) is 5.08. The van der Waals surface area contributed by atoms with E-state index < -0.39 is 15.6 Å². The number of nitrogens with one attached hydrogen (secondary N) is 1. The number of aliphatic hydroxyl groups is 1. The summed E-state index contributed by atoms with van der Waals surface area (Å²) in [6.45, 7) is 1.53. The van der Waals surface area contributed by atoms with Gasteiger partial charge in [0.05, 0.1) is 19.8 Å². The van der Waals surface area contributed by atoms with E-state index in [1.165, 1.54) is 26.4 Å². The van der Waals surface area contributed by atoms with Crippen molar-refractivity contribution in [2.24, 2.45) is 0 Å². The Morgan fingerprint density at radius 1 is 1.32 bits per heavy atom. The third kappa shape index (κ3) is 5.35. The van der Waals surface area contributed by atoms with Crippen LogP contribution in [0.3, 0.4) is 0 Å².